The highest BCUT2D eigenvalue weighted by Crippen LogP contribution is 2.23. The lowest BCUT2D eigenvalue weighted by atomic mass is 9.92. The first-order chi connectivity index (χ1) is 26.6. The van der Waals surface area contributed by atoms with Crippen LogP contribution in [0.2, 0.25) is 0 Å². The molecule has 0 aliphatic carbocycles. The summed E-state index contributed by atoms with van der Waals surface area (Å²) in [7, 11) is 0. The first-order valence-electron chi connectivity index (χ1n) is 24.1. The number of carbonyl (C=O) groups excluding carboxylic acids is 1. The van der Waals surface area contributed by atoms with Crippen molar-refractivity contribution in [3.05, 3.63) is 0 Å². The minimum absolute atomic E-state index is 0.139. The van der Waals surface area contributed by atoms with Crippen LogP contribution in [0.15, 0.2) is 0 Å². The van der Waals surface area contributed by atoms with Gasteiger partial charge >= 0.3 is 5.97 Å². The van der Waals surface area contributed by atoms with E-state index in [-0.39, 0.29) is 5.97 Å². The van der Waals surface area contributed by atoms with Gasteiger partial charge < -0.3 is 18.9 Å². The quantitative estimate of drug-likeness (QED) is 0.0347. The third-order valence-electron chi connectivity index (χ3n) is 11.0. The van der Waals surface area contributed by atoms with Crippen LogP contribution < -0.4 is 0 Å². The molecular formula is C48H95BrO5. The molecular weight excluding hydrogens is 736 g/mol. The van der Waals surface area contributed by atoms with Gasteiger partial charge in [0, 0.05) is 31.6 Å². The molecule has 0 saturated carbocycles. The standard InChI is InChI=1S/C48H95BrO5/c1-4-7-10-13-16-19-22-25-28-31-34-40-51-43-48(46-54-47(50)38-37-39-49,44-52-41-35-32-29-26-23-20-17-14-11-8-5-2)45-53-42-36-33-30-27-24-21-18-15-12-9-6-3/h4-46H2,1-3H3. The highest BCUT2D eigenvalue weighted by Gasteiger charge is 2.34. The Hall–Kier alpha value is -0.170. The highest BCUT2D eigenvalue weighted by molar-refractivity contribution is 9.09. The third-order valence-corrected chi connectivity index (χ3v) is 11.5. The first-order valence-corrected chi connectivity index (χ1v) is 25.2. The van der Waals surface area contributed by atoms with Crippen molar-refractivity contribution >= 4 is 21.9 Å². The van der Waals surface area contributed by atoms with E-state index in [0.717, 1.165) is 50.8 Å². The normalized spacial score (nSPS) is 11.9. The molecule has 0 N–H and O–H groups in total. The lowest BCUT2D eigenvalue weighted by Crippen LogP contribution is -2.42. The van der Waals surface area contributed by atoms with Crippen molar-refractivity contribution in [2.45, 2.75) is 245 Å². The van der Waals surface area contributed by atoms with E-state index in [2.05, 4.69) is 36.7 Å². The van der Waals surface area contributed by atoms with Crippen LogP contribution in [0.1, 0.15) is 245 Å². The van der Waals surface area contributed by atoms with Crippen LogP contribution in [-0.4, -0.2) is 57.5 Å². The van der Waals surface area contributed by atoms with Crippen LogP contribution >= 0.6 is 15.9 Å². The lowest BCUT2D eigenvalue weighted by Gasteiger charge is -2.33. The first kappa shape index (κ1) is 53.8. The number of esters is 1. The van der Waals surface area contributed by atoms with Gasteiger partial charge in [0.25, 0.3) is 0 Å². The number of unbranched alkanes of at least 4 members (excludes halogenated alkanes) is 30. The van der Waals surface area contributed by atoms with E-state index < -0.39 is 5.41 Å². The summed E-state index contributed by atoms with van der Waals surface area (Å²) in [6, 6.07) is 0. The van der Waals surface area contributed by atoms with Gasteiger partial charge in [-0.15, -0.1) is 0 Å². The predicted octanol–water partition coefficient (Wildman–Crippen LogP) is 15.7. The predicted molar refractivity (Wildman–Crippen MR) is 238 cm³/mol. The molecule has 0 aliphatic rings. The van der Waals surface area contributed by atoms with E-state index in [9.17, 15) is 4.79 Å². The molecule has 0 atom stereocenters. The summed E-state index contributed by atoms with van der Waals surface area (Å²) < 4.78 is 25.0. The van der Waals surface area contributed by atoms with Crippen LogP contribution in [0.5, 0.6) is 0 Å². The number of alkyl halides is 1. The van der Waals surface area contributed by atoms with Gasteiger partial charge in [0.05, 0.1) is 25.2 Å². The molecule has 54 heavy (non-hydrogen) atoms. The van der Waals surface area contributed by atoms with E-state index in [1.165, 1.54) is 193 Å². The number of rotatable bonds is 47. The van der Waals surface area contributed by atoms with E-state index in [4.69, 9.17) is 18.9 Å². The average molecular weight is 832 g/mol. The van der Waals surface area contributed by atoms with Gasteiger partial charge in [-0.25, -0.2) is 0 Å². The Morgan fingerprint density at radius 1 is 0.370 bits per heavy atom. The monoisotopic (exact) mass is 831 g/mol. The number of hydrogen-bond acceptors (Lipinski definition) is 5. The Kier molecular flexibility index (Phi) is 45.4. The summed E-state index contributed by atoms with van der Waals surface area (Å²) in [5.41, 5.74) is -0.475. The average Bonchev–Trinajstić information content (AvgIpc) is 3.18. The van der Waals surface area contributed by atoms with Gasteiger partial charge in [-0.05, 0) is 25.7 Å². The van der Waals surface area contributed by atoms with Gasteiger partial charge in [-0.1, -0.05) is 229 Å². The van der Waals surface area contributed by atoms with Gasteiger partial charge in [-0.2, -0.15) is 0 Å². The lowest BCUT2D eigenvalue weighted by molar-refractivity contribution is -0.156. The summed E-state index contributed by atoms with van der Waals surface area (Å²) in [6.07, 6.45) is 45.0. The van der Waals surface area contributed by atoms with Crippen LogP contribution in [0.3, 0.4) is 0 Å². The van der Waals surface area contributed by atoms with E-state index >= 15 is 0 Å². The minimum Gasteiger partial charge on any atom is -0.465 e. The second-order valence-electron chi connectivity index (χ2n) is 16.7. The Morgan fingerprint density at radius 3 is 0.889 bits per heavy atom. The van der Waals surface area contributed by atoms with Crippen molar-refractivity contribution in [2.24, 2.45) is 5.41 Å². The van der Waals surface area contributed by atoms with Crippen molar-refractivity contribution < 1.29 is 23.7 Å². The maximum Gasteiger partial charge on any atom is 0.305 e. The molecule has 0 fully saturated rings. The molecule has 6 heteroatoms. The smallest absolute Gasteiger partial charge is 0.305 e. The topological polar surface area (TPSA) is 54.0 Å². The molecule has 0 spiro atoms. The van der Waals surface area contributed by atoms with Crippen molar-refractivity contribution in [1.29, 1.82) is 0 Å². The summed E-state index contributed by atoms with van der Waals surface area (Å²) in [5.74, 6) is -0.139. The molecule has 5 nitrogen and oxygen atoms in total. The fourth-order valence-electron chi connectivity index (χ4n) is 7.24. The summed E-state index contributed by atoms with van der Waals surface area (Å²) in [5, 5.41) is 0.805. The van der Waals surface area contributed by atoms with Gasteiger partial charge in [-0.3, -0.25) is 4.79 Å². The molecule has 324 valence electrons. The Balaban J connectivity index is 4.80. The van der Waals surface area contributed by atoms with Gasteiger partial charge in [0.1, 0.15) is 6.61 Å². The molecule has 0 aromatic heterocycles. The van der Waals surface area contributed by atoms with Crippen molar-refractivity contribution in [3.63, 3.8) is 0 Å². The second kappa shape index (κ2) is 45.5. The minimum atomic E-state index is -0.475. The van der Waals surface area contributed by atoms with Crippen molar-refractivity contribution in [3.8, 4) is 0 Å². The molecule has 0 aliphatic heterocycles. The maximum absolute atomic E-state index is 12.6. The fraction of sp³-hybridized carbons (Fsp3) is 0.979. The Morgan fingerprint density at radius 2 is 0.630 bits per heavy atom. The number of hydrogen-bond donors (Lipinski definition) is 0. The number of carbonyl (C=O) groups is 1. The Bertz CT molecular complexity index is 645. The van der Waals surface area contributed by atoms with Crippen molar-refractivity contribution in [1.82, 2.24) is 0 Å². The van der Waals surface area contributed by atoms with E-state index in [1.54, 1.807) is 0 Å². The van der Waals surface area contributed by atoms with Gasteiger partial charge in [0.2, 0.25) is 0 Å². The van der Waals surface area contributed by atoms with E-state index in [1.807, 2.05) is 0 Å². The molecule has 0 rings (SSSR count). The molecule has 0 saturated heterocycles. The highest BCUT2D eigenvalue weighted by atomic mass is 79.9. The van der Waals surface area contributed by atoms with Crippen LogP contribution in [0, 0.1) is 5.41 Å². The number of halogens is 1. The third kappa shape index (κ3) is 40.0. The maximum atomic E-state index is 12.6. The molecule has 0 aromatic rings. The van der Waals surface area contributed by atoms with E-state index in [0.29, 0.717) is 32.8 Å². The molecule has 0 unspecified atom stereocenters. The molecule has 0 aromatic carbocycles. The largest absolute Gasteiger partial charge is 0.465 e. The molecule has 0 heterocycles. The molecule has 0 bridgehead atoms. The Labute approximate surface area is 346 Å². The van der Waals surface area contributed by atoms with Crippen molar-refractivity contribution in [2.75, 3.05) is 51.6 Å². The van der Waals surface area contributed by atoms with Crippen LogP contribution in [0.4, 0.5) is 0 Å². The summed E-state index contributed by atoms with van der Waals surface area (Å²) in [6.45, 7) is 10.9. The summed E-state index contributed by atoms with van der Waals surface area (Å²) >= 11 is 3.45. The fourth-order valence-corrected chi connectivity index (χ4v) is 7.52. The zero-order valence-electron chi connectivity index (χ0n) is 36.8. The number of ether oxygens (including phenoxy) is 4. The molecule has 0 amide bonds. The van der Waals surface area contributed by atoms with Crippen LogP contribution in [-0.2, 0) is 23.7 Å². The molecule has 0 radical (unpaired) electrons. The zero-order chi connectivity index (χ0) is 39.3. The summed E-state index contributed by atoms with van der Waals surface area (Å²) in [4.78, 5) is 12.6. The zero-order valence-corrected chi connectivity index (χ0v) is 38.4. The van der Waals surface area contributed by atoms with Gasteiger partial charge in [0.15, 0.2) is 0 Å². The second-order valence-corrected chi connectivity index (χ2v) is 17.5. The SMILES string of the molecule is CCCCCCCCCCCCCOCC(COCCCCCCCCCCCCC)(COCCCCCCCCCCCCC)COC(=O)CCCBr. The van der Waals surface area contributed by atoms with Crippen LogP contribution in [0.25, 0.3) is 0 Å².